The highest BCUT2D eigenvalue weighted by Crippen LogP contribution is 2.64. The smallest absolute Gasteiger partial charge is 0.330 e. The normalized spacial score (nSPS) is 41.3. The molecule has 3 fully saturated rings. The third-order valence-corrected chi connectivity index (χ3v) is 8.49. The van der Waals surface area contributed by atoms with Gasteiger partial charge < -0.3 is 19.9 Å². The number of carbonyl (C=O) groups excluding carboxylic acids is 3. The maximum Gasteiger partial charge on any atom is 0.330 e. The molecule has 174 valence electrons. The minimum absolute atomic E-state index is 0.0366. The topological polar surface area (TPSA) is 102 Å². The van der Waals surface area contributed by atoms with Crippen molar-refractivity contribution >= 4 is 17.7 Å². The van der Waals surface area contributed by atoms with Crippen LogP contribution in [0.4, 0.5) is 0 Å². The Bertz CT molecular complexity index is 763. The highest BCUT2D eigenvalue weighted by molar-refractivity contribution is 5.87. The highest BCUT2D eigenvalue weighted by Gasteiger charge is 2.63. The average molecular weight is 436 g/mol. The molecule has 31 heavy (non-hydrogen) atoms. The number of likely N-dealkylation sites (N-methyl/N-ethyl adjacent to an activating group) is 1. The fourth-order valence-electron chi connectivity index (χ4n) is 6.85. The zero-order valence-electron chi connectivity index (χ0n) is 19.4. The number of carbonyl (C=O) groups is 3. The van der Waals surface area contributed by atoms with E-state index in [9.17, 15) is 19.5 Å². The van der Waals surface area contributed by atoms with E-state index >= 15 is 0 Å². The maximum absolute atomic E-state index is 13.4. The van der Waals surface area contributed by atoms with E-state index in [0.717, 1.165) is 12.8 Å². The monoisotopic (exact) mass is 435 g/mol. The molecule has 0 heterocycles. The molecule has 0 bridgehead atoms. The predicted molar refractivity (Wildman–Crippen MR) is 115 cm³/mol. The Hall–Kier alpha value is -1.73. The van der Waals surface area contributed by atoms with Crippen LogP contribution in [-0.4, -0.2) is 56.2 Å². The molecule has 0 unspecified atom stereocenters. The SMILES string of the molecule is CNCCOC(=O)/C=C1/[C@@H](O)C[C@H]2[C@@H](C(=O)C[C@@H]3[C@]2(C)CCC[C@]3(C)C(=O)OC)[C@H]1C. The minimum Gasteiger partial charge on any atom is -0.469 e. The van der Waals surface area contributed by atoms with E-state index in [1.54, 1.807) is 7.05 Å². The molecular formula is C24H37NO6. The third-order valence-electron chi connectivity index (χ3n) is 8.49. The summed E-state index contributed by atoms with van der Waals surface area (Å²) in [6, 6.07) is 0. The highest BCUT2D eigenvalue weighted by atomic mass is 16.5. The maximum atomic E-state index is 13.4. The molecule has 2 N–H and O–H groups in total. The Morgan fingerprint density at radius 2 is 2.00 bits per heavy atom. The summed E-state index contributed by atoms with van der Waals surface area (Å²) in [6.07, 6.45) is 3.85. The van der Waals surface area contributed by atoms with Crippen LogP contribution in [0.5, 0.6) is 0 Å². The first-order valence-corrected chi connectivity index (χ1v) is 11.4. The van der Waals surface area contributed by atoms with Gasteiger partial charge in [-0.3, -0.25) is 9.59 Å². The van der Waals surface area contributed by atoms with Crippen molar-refractivity contribution in [1.29, 1.82) is 0 Å². The second-order valence-electron chi connectivity index (χ2n) is 10.1. The molecule has 3 aliphatic rings. The van der Waals surface area contributed by atoms with Gasteiger partial charge in [0.2, 0.25) is 0 Å². The van der Waals surface area contributed by atoms with Gasteiger partial charge in [0, 0.05) is 25.0 Å². The van der Waals surface area contributed by atoms with Crippen LogP contribution in [0.25, 0.3) is 0 Å². The molecule has 0 aromatic heterocycles. The second-order valence-corrected chi connectivity index (χ2v) is 10.1. The number of hydrogen-bond acceptors (Lipinski definition) is 7. The summed E-state index contributed by atoms with van der Waals surface area (Å²) in [5.74, 6) is -1.26. The van der Waals surface area contributed by atoms with Crippen LogP contribution in [0.1, 0.15) is 52.9 Å². The summed E-state index contributed by atoms with van der Waals surface area (Å²) in [6.45, 7) is 6.85. The first-order valence-electron chi connectivity index (χ1n) is 11.4. The van der Waals surface area contributed by atoms with Crippen LogP contribution in [0.3, 0.4) is 0 Å². The molecule has 0 aromatic carbocycles. The fourth-order valence-corrected chi connectivity index (χ4v) is 6.85. The standard InChI is InChI=1S/C24H37NO6/c1-14-15(11-20(28)31-10-9-25-4)17(26)12-16-21(14)18(27)13-19-23(16,2)7-6-8-24(19,3)22(29)30-5/h11,14,16-17,19,21,25-26H,6-10,12-13H2,1-5H3/b15-11+/t14-,16-,17-,19+,21-,23+,24-/m0/s1. The minimum atomic E-state index is -0.803. The van der Waals surface area contributed by atoms with Gasteiger partial charge in [-0.2, -0.15) is 0 Å². The van der Waals surface area contributed by atoms with E-state index in [1.807, 2.05) is 13.8 Å². The largest absolute Gasteiger partial charge is 0.469 e. The molecule has 0 amide bonds. The van der Waals surface area contributed by atoms with E-state index in [0.29, 0.717) is 31.4 Å². The second kappa shape index (κ2) is 9.02. The Morgan fingerprint density at radius 3 is 2.65 bits per heavy atom. The quantitative estimate of drug-likeness (QED) is 0.388. The van der Waals surface area contributed by atoms with E-state index < -0.39 is 17.5 Å². The van der Waals surface area contributed by atoms with Gasteiger partial charge in [0.1, 0.15) is 12.4 Å². The van der Waals surface area contributed by atoms with Crippen molar-refractivity contribution < 1.29 is 29.0 Å². The fraction of sp³-hybridized carbons (Fsp3) is 0.792. The number of Topliss-reactive ketones (excluding diaryl/α,β-unsaturated/α-hetero) is 1. The lowest BCUT2D eigenvalue weighted by atomic mass is 9.42. The number of ketones is 1. The lowest BCUT2D eigenvalue weighted by Crippen LogP contribution is -2.60. The van der Waals surface area contributed by atoms with Gasteiger partial charge in [-0.25, -0.2) is 4.79 Å². The van der Waals surface area contributed by atoms with Crippen LogP contribution in [0.15, 0.2) is 11.6 Å². The predicted octanol–water partition coefficient (Wildman–Crippen LogP) is 2.27. The molecule has 0 spiro atoms. The van der Waals surface area contributed by atoms with Crippen molar-refractivity contribution in [3.8, 4) is 0 Å². The van der Waals surface area contributed by atoms with Gasteiger partial charge in [0.15, 0.2) is 0 Å². The number of esters is 2. The van der Waals surface area contributed by atoms with Gasteiger partial charge in [-0.05, 0) is 62.0 Å². The van der Waals surface area contributed by atoms with E-state index in [-0.39, 0.29) is 47.4 Å². The molecule has 0 radical (unpaired) electrons. The van der Waals surface area contributed by atoms with Crippen molar-refractivity contribution in [3.05, 3.63) is 11.6 Å². The van der Waals surface area contributed by atoms with Crippen molar-refractivity contribution in [2.24, 2.45) is 34.5 Å². The number of aliphatic hydroxyl groups excluding tert-OH is 1. The van der Waals surface area contributed by atoms with Crippen LogP contribution in [0, 0.1) is 34.5 Å². The molecule has 0 aromatic rings. The Morgan fingerprint density at radius 1 is 1.29 bits per heavy atom. The first kappa shape index (κ1) is 23.9. The van der Waals surface area contributed by atoms with Crippen LogP contribution < -0.4 is 5.32 Å². The summed E-state index contributed by atoms with van der Waals surface area (Å²) in [7, 11) is 3.19. The number of aliphatic hydroxyl groups is 1. The molecule has 7 heteroatoms. The number of ether oxygens (including phenoxy) is 2. The Balaban J connectivity index is 1.90. The van der Waals surface area contributed by atoms with Gasteiger partial charge in [0.25, 0.3) is 0 Å². The van der Waals surface area contributed by atoms with Crippen molar-refractivity contribution in [2.75, 3.05) is 27.3 Å². The van der Waals surface area contributed by atoms with Crippen LogP contribution in [-0.2, 0) is 23.9 Å². The zero-order chi connectivity index (χ0) is 23.0. The molecule has 7 atom stereocenters. The number of methoxy groups -OCH3 is 1. The first-order chi connectivity index (χ1) is 14.6. The van der Waals surface area contributed by atoms with Crippen LogP contribution >= 0.6 is 0 Å². The lowest BCUT2D eigenvalue weighted by molar-refractivity contribution is -0.180. The van der Waals surface area contributed by atoms with Crippen molar-refractivity contribution in [1.82, 2.24) is 5.32 Å². The molecule has 3 rings (SSSR count). The van der Waals surface area contributed by atoms with Gasteiger partial charge in [-0.1, -0.05) is 20.3 Å². The lowest BCUT2D eigenvalue weighted by Gasteiger charge is -2.61. The van der Waals surface area contributed by atoms with E-state index in [1.165, 1.54) is 13.2 Å². The summed E-state index contributed by atoms with van der Waals surface area (Å²) >= 11 is 0. The molecular weight excluding hydrogens is 398 g/mol. The molecule has 0 saturated heterocycles. The van der Waals surface area contributed by atoms with E-state index in [4.69, 9.17) is 9.47 Å². The molecule has 3 saturated carbocycles. The number of nitrogens with one attached hydrogen (secondary N) is 1. The summed E-state index contributed by atoms with van der Waals surface area (Å²) < 4.78 is 10.3. The van der Waals surface area contributed by atoms with Crippen molar-refractivity contribution in [3.63, 3.8) is 0 Å². The molecule has 3 aliphatic carbocycles. The van der Waals surface area contributed by atoms with Gasteiger partial charge in [-0.15, -0.1) is 0 Å². The Kier molecular flexibility index (Phi) is 6.96. The van der Waals surface area contributed by atoms with E-state index in [2.05, 4.69) is 12.2 Å². The average Bonchev–Trinajstić information content (AvgIpc) is 2.72. The van der Waals surface area contributed by atoms with Gasteiger partial charge in [0.05, 0.1) is 18.6 Å². The summed E-state index contributed by atoms with van der Waals surface area (Å²) in [5, 5.41) is 13.9. The third kappa shape index (κ3) is 4.07. The number of rotatable bonds is 5. The number of hydrogen-bond donors (Lipinski definition) is 2. The van der Waals surface area contributed by atoms with Gasteiger partial charge >= 0.3 is 11.9 Å². The molecule has 7 nitrogen and oxygen atoms in total. The Labute approximate surface area is 184 Å². The summed E-state index contributed by atoms with van der Waals surface area (Å²) in [4.78, 5) is 38.3. The molecule has 0 aliphatic heterocycles. The van der Waals surface area contributed by atoms with Crippen LogP contribution in [0.2, 0.25) is 0 Å². The summed E-state index contributed by atoms with van der Waals surface area (Å²) in [5.41, 5.74) is -0.352. The van der Waals surface area contributed by atoms with Crippen molar-refractivity contribution in [2.45, 2.75) is 59.0 Å². The zero-order valence-corrected chi connectivity index (χ0v) is 19.4. The number of fused-ring (bicyclic) bond motifs is 3.